The van der Waals surface area contributed by atoms with Crippen molar-refractivity contribution in [2.75, 3.05) is 32.8 Å². The van der Waals surface area contributed by atoms with Crippen LogP contribution in [-0.2, 0) is 24.1 Å². The maximum Gasteiger partial charge on any atom is 0.351 e. The normalized spacial score (nSPS) is 21.0. The van der Waals surface area contributed by atoms with Gasteiger partial charge in [0.1, 0.15) is 40.9 Å². The average Bonchev–Trinajstić information content (AvgIpc) is 3.75. The highest BCUT2D eigenvalue weighted by Crippen LogP contribution is 2.62. The van der Waals surface area contributed by atoms with Crippen molar-refractivity contribution in [1.29, 1.82) is 5.26 Å². The number of methoxy groups -OCH3 is 2. The Morgan fingerprint density at radius 3 is 2.03 bits per heavy atom. The third kappa shape index (κ3) is 9.36. The van der Waals surface area contributed by atoms with Crippen LogP contribution in [0.25, 0.3) is 0 Å². The van der Waals surface area contributed by atoms with Crippen molar-refractivity contribution in [2.24, 2.45) is 11.8 Å². The quantitative estimate of drug-likeness (QED) is 0.0481. The molecular formula is C50H58N5O8P. The first-order valence-corrected chi connectivity index (χ1v) is 22.9. The molecule has 5 aromatic rings. The number of hydrogen-bond acceptors (Lipinski definition) is 11. The number of ether oxygens (including phenoxy) is 4. The van der Waals surface area contributed by atoms with E-state index in [0.29, 0.717) is 29.0 Å². The number of aromatic nitrogens is 2. The largest absolute Gasteiger partial charge is 0.497 e. The fourth-order valence-electron chi connectivity index (χ4n) is 9.24. The SMILES string of the molecule is COc1ccc(C(OC[C@@]23C[C@@H](C)[C@@H]([C@H](n4cc(C)c(NC(=O)c5ccccc5)nc4=O)O2)[C@@H]3OP(OCCC#N)N(C(C)C)C(C)C)(c2ccccc2)c2ccc(OC)cc2)cc1. The summed E-state index contributed by atoms with van der Waals surface area (Å²) in [6.45, 7) is 12.6. The van der Waals surface area contributed by atoms with Gasteiger partial charge in [-0.3, -0.25) is 9.36 Å². The van der Waals surface area contributed by atoms with Gasteiger partial charge >= 0.3 is 5.69 Å². The van der Waals surface area contributed by atoms with E-state index in [0.717, 1.165) is 16.7 Å². The Bertz CT molecular complexity index is 2390. The van der Waals surface area contributed by atoms with Crippen LogP contribution in [0.2, 0.25) is 0 Å². The van der Waals surface area contributed by atoms with Crippen LogP contribution in [0.4, 0.5) is 5.82 Å². The summed E-state index contributed by atoms with van der Waals surface area (Å²) in [5, 5.41) is 12.3. The Morgan fingerprint density at radius 1 is 0.922 bits per heavy atom. The molecule has 1 saturated carbocycles. The van der Waals surface area contributed by atoms with Crippen molar-refractivity contribution in [2.45, 2.75) is 90.0 Å². The lowest BCUT2D eigenvalue weighted by molar-refractivity contribution is -0.174. The van der Waals surface area contributed by atoms with E-state index in [-0.39, 0.29) is 55.3 Å². The summed E-state index contributed by atoms with van der Waals surface area (Å²) in [6, 6.07) is 36.9. The number of amides is 1. The fraction of sp³-hybridized carbons (Fsp3) is 0.400. The minimum Gasteiger partial charge on any atom is -0.497 e. The number of nitrogens with zero attached hydrogens (tertiary/aromatic N) is 4. The van der Waals surface area contributed by atoms with E-state index < -0.39 is 37.7 Å². The first-order valence-electron chi connectivity index (χ1n) is 21.7. The average molecular weight is 888 g/mol. The molecule has 6 atom stereocenters. The van der Waals surface area contributed by atoms with Crippen molar-refractivity contribution < 1.29 is 32.8 Å². The molecule has 336 valence electrons. The van der Waals surface area contributed by atoms with E-state index in [4.69, 9.17) is 28.0 Å². The van der Waals surface area contributed by atoms with Gasteiger partial charge in [-0.05, 0) is 100 Å². The summed E-state index contributed by atoms with van der Waals surface area (Å²) in [5.74, 6) is 0.822. The molecule has 2 aliphatic rings. The van der Waals surface area contributed by atoms with E-state index in [2.05, 4.69) is 67.8 Å². The predicted octanol–water partition coefficient (Wildman–Crippen LogP) is 9.41. The molecule has 1 N–H and O–H groups in total. The third-order valence-corrected chi connectivity index (χ3v) is 14.2. The zero-order valence-corrected chi connectivity index (χ0v) is 38.7. The molecule has 2 bridgehead atoms. The number of rotatable bonds is 19. The number of benzene rings is 4. The lowest BCUT2D eigenvalue weighted by Gasteiger charge is -2.42. The highest BCUT2D eigenvalue weighted by Gasteiger charge is 2.66. The number of hydrogen-bond donors (Lipinski definition) is 1. The molecule has 0 radical (unpaired) electrons. The highest BCUT2D eigenvalue weighted by molar-refractivity contribution is 7.44. The Labute approximate surface area is 377 Å². The molecule has 7 rings (SSSR count). The van der Waals surface area contributed by atoms with Crippen molar-refractivity contribution in [3.63, 3.8) is 0 Å². The van der Waals surface area contributed by atoms with E-state index in [1.165, 1.54) is 4.57 Å². The van der Waals surface area contributed by atoms with Crippen molar-refractivity contribution in [3.8, 4) is 17.6 Å². The summed E-state index contributed by atoms with van der Waals surface area (Å²) in [7, 11) is 1.53. The standard InChI is InChI=1S/C50H58N5O8P/c1-33(2)55(34(3)4)64(61-29-15-28-51)63-44-43-35(5)30-49(44,62-47(43)54-31-36(6)45(53-48(54)57)52-46(56)37-16-11-9-12-17-37)32-60-50(38-18-13-10-14-19-38,39-20-24-41(58-7)25-21-39)40-22-26-42(59-8)27-23-40/h9-14,16-27,31,33-35,43-44,47H,15,29-30,32H2,1-8H3,(H,52,53,56,57)/t35-,43-,44+,47-,49-,64?/m1/s1. The first kappa shape index (κ1) is 46.5. The molecule has 2 fully saturated rings. The summed E-state index contributed by atoms with van der Waals surface area (Å²) in [5.41, 5.74) is 0.754. The molecule has 0 spiro atoms. The summed E-state index contributed by atoms with van der Waals surface area (Å²) in [6.07, 6.45) is 0.993. The molecule has 1 saturated heterocycles. The fourth-order valence-corrected chi connectivity index (χ4v) is 11.1. The van der Waals surface area contributed by atoms with Gasteiger partial charge in [-0.25, -0.2) is 9.46 Å². The van der Waals surface area contributed by atoms with Crippen LogP contribution in [0, 0.1) is 30.1 Å². The van der Waals surface area contributed by atoms with Gasteiger partial charge in [0.05, 0.1) is 39.9 Å². The van der Waals surface area contributed by atoms with Gasteiger partial charge in [0, 0.05) is 35.3 Å². The summed E-state index contributed by atoms with van der Waals surface area (Å²) >= 11 is 0. The molecule has 14 heteroatoms. The van der Waals surface area contributed by atoms with Gasteiger partial charge in [-0.1, -0.05) is 79.7 Å². The lowest BCUT2D eigenvalue weighted by atomic mass is 9.79. The maximum atomic E-state index is 14.2. The Morgan fingerprint density at radius 2 is 1.48 bits per heavy atom. The monoisotopic (exact) mass is 887 g/mol. The van der Waals surface area contributed by atoms with Gasteiger partial charge in [0.25, 0.3) is 14.4 Å². The predicted molar refractivity (Wildman–Crippen MR) is 246 cm³/mol. The van der Waals surface area contributed by atoms with Gasteiger partial charge in [-0.2, -0.15) is 10.2 Å². The topological polar surface area (TPSA) is 146 Å². The molecule has 1 aliphatic heterocycles. The molecule has 13 nitrogen and oxygen atoms in total. The second-order valence-electron chi connectivity index (χ2n) is 17.0. The second-order valence-corrected chi connectivity index (χ2v) is 18.4. The van der Waals surface area contributed by atoms with Crippen molar-refractivity contribution >= 4 is 20.3 Å². The van der Waals surface area contributed by atoms with E-state index >= 15 is 0 Å². The van der Waals surface area contributed by atoms with Gasteiger partial charge in [0.15, 0.2) is 0 Å². The summed E-state index contributed by atoms with van der Waals surface area (Å²) in [4.78, 5) is 31.8. The number of carbonyl (C=O) groups is 1. The van der Waals surface area contributed by atoms with Crippen LogP contribution in [-0.4, -0.2) is 71.4 Å². The number of anilines is 1. The number of fused-ring (bicyclic) bond motifs is 2. The Balaban J connectivity index is 1.35. The molecule has 4 aromatic carbocycles. The highest BCUT2D eigenvalue weighted by atomic mass is 31.2. The van der Waals surface area contributed by atoms with Crippen LogP contribution in [0.3, 0.4) is 0 Å². The van der Waals surface area contributed by atoms with Gasteiger partial charge in [-0.15, -0.1) is 0 Å². The second kappa shape index (κ2) is 20.2. The van der Waals surface area contributed by atoms with Crippen LogP contribution in [0.1, 0.15) is 86.3 Å². The number of carbonyl (C=O) groups excluding carboxylic acids is 1. The van der Waals surface area contributed by atoms with E-state index in [1.807, 2.05) is 72.8 Å². The van der Waals surface area contributed by atoms with Crippen LogP contribution >= 0.6 is 8.53 Å². The zero-order chi connectivity index (χ0) is 45.6. The first-order chi connectivity index (χ1) is 30.8. The zero-order valence-electron chi connectivity index (χ0n) is 37.8. The molecule has 1 aliphatic carbocycles. The number of nitrogens with one attached hydrogen (secondary N) is 1. The van der Waals surface area contributed by atoms with Gasteiger partial charge in [0.2, 0.25) is 0 Å². The van der Waals surface area contributed by atoms with Gasteiger partial charge < -0.3 is 33.3 Å². The van der Waals surface area contributed by atoms with Crippen LogP contribution in [0.5, 0.6) is 11.5 Å². The summed E-state index contributed by atoms with van der Waals surface area (Å²) < 4.78 is 43.6. The van der Waals surface area contributed by atoms with Crippen LogP contribution in [0.15, 0.2) is 120 Å². The molecule has 64 heavy (non-hydrogen) atoms. The number of nitriles is 1. The molecular weight excluding hydrogens is 830 g/mol. The number of aryl methyl sites for hydroxylation is 1. The van der Waals surface area contributed by atoms with E-state index in [1.54, 1.807) is 51.6 Å². The van der Waals surface area contributed by atoms with Crippen molar-refractivity contribution in [3.05, 3.63) is 154 Å². The molecule has 1 aromatic heterocycles. The molecule has 1 unspecified atom stereocenters. The minimum atomic E-state index is -1.74. The van der Waals surface area contributed by atoms with Crippen LogP contribution < -0.4 is 20.5 Å². The lowest BCUT2D eigenvalue weighted by Crippen LogP contribution is -2.47. The Kier molecular flexibility index (Phi) is 14.7. The molecule has 2 heterocycles. The minimum absolute atomic E-state index is 0.0207. The van der Waals surface area contributed by atoms with E-state index in [9.17, 15) is 14.9 Å². The smallest absolute Gasteiger partial charge is 0.351 e. The Hall–Kier alpha value is -5.45. The van der Waals surface area contributed by atoms with Crippen molar-refractivity contribution in [1.82, 2.24) is 14.2 Å². The third-order valence-electron chi connectivity index (χ3n) is 12.1. The maximum absolute atomic E-state index is 14.2. The molecule has 1 amide bonds.